The largest absolute Gasteiger partial charge is 0.369 e. The molecular weight excluding hydrogens is 254 g/mol. The Hall–Kier alpha value is -1.88. The summed E-state index contributed by atoms with van der Waals surface area (Å²) >= 11 is 0. The minimum absolute atomic E-state index is 0.00172. The van der Waals surface area contributed by atoms with Crippen LogP contribution in [0.3, 0.4) is 0 Å². The van der Waals surface area contributed by atoms with Crippen molar-refractivity contribution in [1.29, 1.82) is 0 Å². The summed E-state index contributed by atoms with van der Waals surface area (Å²) in [6.45, 7) is 4.41. The number of carbonyl (C=O) groups is 2. The number of rotatable bonds is 2. The summed E-state index contributed by atoms with van der Waals surface area (Å²) in [5.74, 6) is -0.0968. The quantitative estimate of drug-likeness (QED) is 0.746. The minimum Gasteiger partial charge on any atom is -0.369 e. The highest BCUT2D eigenvalue weighted by molar-refractivity contribution is 6.15. The van der Waals surface area contributed by atoms with Gasteiger partial charge < -0.3 is 14.7 Å². The normalized spacial score (nSPS) is 20.9. The average Bonchev–Trinajstić information content (AvgIpc) is 2.79. The summed E-state index contributed by atoms with van der Waals surface area (Å²) in [7, 11) is 2.14. The van der Waals surface area contributed by atoms with Crippen molar-refractivity contribution in [1.82, 2.24) is 4.90 Å². The fourth-order valence-electron chi connectivity index (χ4n) is 2.73. The van der Waals surface area contributed by atoms with Gasteiger partial charge >= 0.3 is 0 Å². The fraction of sp³-hybridized carbons (Fsp3) is 0.467. The number of likely N-dealkylation sites (N-methyl/N-ethyl adjacent to an activating group) is 1. The molecule has 0 aliphatic carbocycles. The molecule has 0 atom stereocenters. The zero-order chi connectivity index (χ0) is 14.1. The second kappa shape index (κ2) is 5.25. The molecule has 106 valence electrons. The van der Waals surface area contributed by atoms with Gasteiger partial charge in [-0.15, -0.1) is 0 Å². The first kappa shape index (κ1) is 13.1. The molecule has 5 nitrogen and oxygen atoms in total. The van der Waals surface area contributed by atoms with Crippen LogP contribution in [0.25, 0.3) is 0 Å². The lowest BCUT2D eigenvalue weighted by molar-refractivity contribution is -0.121. The van der Waals surface area contributed by atoms with Crippen molar-refractivity contribution in [2.45, 2.75) is 6.42 Å². The maximum Gasteiger partial charge on any atom is 0.234 e. The number of amides is 1. The number of hydrogen-bond acceptors (Lipinski definition) is 4. The number of anilines is 2. The molecule has 20 heavy (non-hydrogen) atoms. The van der Waals surface area contributed by atoms with Crippen molar-refractivity contribution < 1.29 is 9.59 Å². The minimum atomic E-state index is -0.0950. The molecule has 0 unspecified atom stereocenters. The van der Waals surface area contributed by atoms with Crippen LogP contribution in [-0.4, -0.2) is 56.4 Å². The number of hydrogen-bond donors (Lipinski definition) is 0. The van der Waals surface area contributed by atoms with Gasteiger partial charge in [0.25, 0.3) is 0 Å². The van der Waals surface area contributed by atoms with E-state index in [0.717, 1.165) is 31.9 Å². The topological polar surface area (TPSA) is 43.9 Å². The Morgan fingerprint density at radius 1 is 0.900 bits per heavy atom. The van der Waals surface area contributed by atoms with Crippen molar-refractivity contribution in [3.8, 4) is 0 Å². The molecule has 5 heteroatoms. The van der Waals surface area contributed by atoms with Crippen molar-refractivity contribution in [3.63, 3.8) is 0 Å². The van der Waals surface area contributed by atoms with E-state index in [1.807, 2.05) is 24.3 Å². The molecule has 2 aliphatic heterocycles. The van der Waals surface area contributed by atoms with Crippen LogP contribution in [-0.2, 0) is 9.59 Å². The van der Waals surface area contributed by atoms with E-state index in [9.17, 15) is 9.59 Å². The van der Waals surface area contributed by atoms with E-state index in [1.54, 1.807) is 4.90 Å². The molecule has 2 aliphatic rings. The molecule has 1 aromatic rings. The number of carbonyl (C=O) groups excluding carboxylic acids is 2. The third kappa shape index (κ3) is 2.54. The van der Waals surface area contributed by atoms with Gasteiger partial charge in [-0.05, 0) is 31.3 Å². The molecule has 0 bridgehead atoms. The maximum absolute atomic E-state index is 11.7. The molecule has 1 aromatic carbocycles. The van der Waals surface area contributed by atoms with Crippen molar-refractivity contribution in [2.24, 2.45) is 0 Å². The Bertz CT molecular complexity index is 518. The zero-order valence-electron chi connectivity index (χ0n) is 11.7. The van der Waals surface area contributed by atoms with Crippen LogP contribution < -0.4 is 9.80 Å². The van der Waals surface area contributed by atoms with Crippen LogP contribution in [0, 0.1) is 0 Å². The van der Waals surface area contributed by atoms with Gasteiger partial charge in [0.1, 0.15) is 0 Å². The lowest BCUT2D eigenvalue weighted by Gasteiger charge is -2.34. The number of piperazine rings is 1. The first-order valence-corrected chi connectivity index (χ1v) is 6.99. The van der Waals surface area contributed by atoms with Gasteiger partial charge in [-0.1, -0.05) is 0 Å². The first-order chi connectivity index (χ1) is 9.63. The molecule has 2 saturated heterocycles. The van der Waals surface area contributed by atoms with Crippen LogP contribution in [0.2, 0.25) is 0 Å². The van der Waals surface area contributed by atoms with E-state index in [-0.39, 0.29) is 24.7 Å². The summed E-state index contributed by atoms with van der Waals surface area (Å²) in [6.07, 6.45) is 0.0419. The standard InChI is InChI=1S/C15H19N3O2/c1-16-6-8-17(9-7-16)12-2-4-13(5-3-12)18-11-14(19)10-15(18)20/h2-5H,6-11H2,1H3. The van der Waals surface area contributed by atoms with E-state index < -0.39 is 0 Å². The Morgan fingerprint density at radius 2 is 1.50 bits per heavy atom. The molecule has 3 rings (SSSR count). The molecule has 0 aromatic heterocycles. The van der Waals surface area contributed by atoms with Crippen LogP contribution >= 0.6 is 0 Å². The van der Waals surface area contributed by atoms with Gasteiger partial charge in [0.15, 0.2) is 5.78 Å². The monoisotopic (exact) mass is 273 g/mol. The Balaban J connectivity index is 1.71. The highest BCUT2D eigenvalue weighted by Gasteiger charge is 2.28. The number of nitrogens with zero attached hydrogens (tertiary/aromatic N) is 3. The summed E-state index contributed by atoms with van der Waals surface area (Å²) in [5.41, 5.74) is 2.00. The predicted molar refractivity (Wildman–Crippen MR) is 78.1 cm³/mol. The van der Waals surface area contributed by atoms with E-state index in [2.05, 4.69) is 16.8 Å². The molecule has 0 saturated carbocycles. The highest BCUT2D eigenvalue weighted by atomic mass is 16.2. The van der Waals surface area contributed by atoms with E-state index >= 15 is 0 Å². The van der Waals surface area contributed by atoms with Crippen molar-refractivity contribution in [3.05, 3.63) is 24.3 Å². The smallest absolute Gasteiger partial charge is 0.234 e. The van der Waals surface area contributed by atoms with Crippen LogP contribution in [0.1, 0.15) is 6.42 Å². The summed E-state index contributed by atoms with van der Waals surface area (Å²) in [6, 6.07) is 7.95. The number of Topliss-reactive ketones (excluding diaryl/α,β-unsaturated/α-hetero) is 1. The van der Waals surface area contributed by atoms with Crippen molar-refractivity contribution in [2.75, 3.05) is 49.6 Å². The van der Waals surface area contributed by atoms with Crippen molar-refractivity contribution >= 4 is 23.1 Å². The lowest BCUT2D eigenvalue weighted by atomic mass is 10.2. The molecule has 2 heterocycles. The zero-order valence-corrected chi connectivity index (χ0v) is 11.7. The summed E-state index contributed by atoms with van der Waals surface area (Å²) < 4.78 is 0. The Morgan fingerprint density at radius 3 is 2.05 bits per heavy atom. The molecule has 0 spiro atoms. The fourth-order valence-corrected chi connectivity index (χ4v) is 2.73. The molecule has 1 amide bonds. The predicted octanol–water partition coefficient (Wildman–Crippen LogP) is 0.744. The van der Waals surface area contributed by atoms with Crippen LogP contribution in [0.5, 0.6) is 0 Å². The van der Waals surface area contributed by atoms with Crippen LogP contribution in [0.15, 0.2) is 24.3 Å². The SMILES string of the molecule is CN1CCN(c2ccc(N3CC(=O)CC3=O)cc2)CC1. The second-order valence-corrected chi connectivity index (χ2v) is 5.50. The molecule has 2 fully saturated rings. The summed E-state index contributed by atoms with van der Waals surface area (Å²) in [4.78, 5) is 29.2. The van der Waals surface area contributed by atoms with Crippen LogP contribution in [0.4, 0.5) is 11.4 Å². The Kier molecular flexibility index (Phi) is 3.44. The van der Waals surface area contributed by atoms with E-state index in [1.165, 1.54) is 5.69 Å². The number of benzene rings is 1. The maximum atomic E-state index is 11.7. The van der Waals surface area contributed by atoms with Gasteiger partial charge in [0.2, 0.25) is 5.91 Å². The van der Waals surface area contributed by atoms with Gasteiger partial charge in [0.05, 0.1) is 13.0 Å². The third-order valence-electron chi connectivity index (χ3n) is 4.01. The van der Waals surface area contributed by atoms with E-state index in [4.69, 9.17) is 0 Å². The molecule has 0 radical (unpaired) electrons. The van der Waals surface area contributed by atoms with Gasteiger partial charge in [-0.3, -0.25) is 9.59 Å². The number of ketones is 1. The van der Waals surface area contributed by atoms with Gasteiger partial charge in [-0.2, -0.15) is 0 Å². The van der Waals surface area contributed by atoms with E-state index in [0.29, 0.717) is 0 Å². The highest BCUT2D eigenvalue weighted by Crippen LogP contribution is 2.24. The second-order valence-electron chi connectivity index (χ2n) is 5.50. The average molecular weight is 273 g/mol. The molecule has 0 N–H and O–H groups in total. The summed E-state index contributed by atoms with van der Waals surface area (Å²) in [5, 5.41) is 0. The Labute approximate surface area is 118 Å². The lowest BCUT2D eigenvalue weighted by Crippen LogP contribution is -2.44. The molecular formula is C15H19N3O2. The third-order valence-corrected chi connectivity index (χ3v) is 4.01. The van der Waals surface area contributed by atoms with Gasteiger partial charge in [0, 0.05) is 37.6 Å². The van der Waals surface area contributed by atoms with Gasteiger partial charge in [-0.25, -0.2) is 0 Å². The first-order valence-electron chi connectivity index (χ1n) is 6.99.